The smallest absolute Gasteiger partial charge is 0.358 e. The number of ether oxygens (including phenoxy) is 2. The molecule has 2 atom stereocenters. The summed E-state index contributed by atoms with van der Waals surface area (Å²) in [6.45, 7) is 1.69. The van der Waals surface area contributed by atoms with E-state index in [1.807, 2.05) is 0 Å². The SMILES string of the molecule is CCC(=O)NC1C(=O)N2C(C(=O)OCc3ccc(OC)cc3)=C(O)CS[C@H]12. The number of aliphatic hydroxyl groups is 1. The molecular formula is C18H20N2O6S. The highest BCUT2D eigenvalue weighted by Crippen LogP contribution is 2.40. The first-order valence-corrected chi connectivity index (χ1v) is 9.47. The van der Waals surface area contributed by atoms with Gasteiger partial charge in [-0.2, -0.15) is 0 Å². The zero-order valence-corrected chi connectivity index (χ0v) is 15.7. The minimum absolute atomic E-state index is 0.00452. The Morgan fingerprint density at radius 3 is 2.67 bits per heavy atom. The molecule has 0 radical (unpaired) electrons. The topological polar surface area (TPSA) is 105 Å². The normalized spacial score (nSPS) is 21.3. The molecule has 3 rings (SSSR count). The van der Waals surface area contributed by atoms with Crippen LogP contribution in [0.3, 0.4) is 0 Å². The van der Waals surface area contributed by atoms with Crippen molar-refractivity contribution in [3.63, 3.8) is 0 Å². The summed E-state index contributed by atoms with van der Waals surface area (Å²) in [5.41, 5.74) is 0.591. The Balaban J connectivity index is 1.66. The number of thioether (sulfide) groups is 1. The molecule has 0 spiro atoms. The van der Waals surface area contributed by atoms with Crippen molar-refractivity contribution < 1.29 is 29.0 Å². The molecule has 0 aromatic heterocycles. The third-order valence-corrected chi connectivity index (χ3v) is 5.57. The lowest BCUT2D eigenvalue weighted by atomic mass is 10.0. The van der Waals surface area contributed by atoms with Crippen LogP contribution in [-0.4, -0.2) is 52.1 Å². The van der Waals surface area contributed by atoms with E-state index in [1.165, 1.54) is 16.7 Å². The van der Waals surface area contributed by atoms with Crippen LogP contribution < -0.4 is 10.1 Å². The van der Waals surface area contributed by atoms with Gasteiger partial charge in [-0.25, -0.2) is 4.79 Å². The number of methoxy groups -OCH3 is 1. The number of amides is 2. The van der Waals surface area contributed by atoms with E-state index in [0.717, 1.165) is 5.56 Å². The van der Waals surface area contributed by atoms with E-state index in [1.54, 1.807) is 38.3 Å². The molecule has 0 aliphatic carbocycles. The number of hydrogen-bond donors (Lipinski definition) is 2. The standard InChI is InChI=1S/C18H20N2O6S/c1-3-13(22)19-14-16(23)20-15(12(21)9-27-17(14)20)18(24)26-8-10-4-6-11(25-2)7-5-10/h4-7,14,17,21H,3,8-9H2,1-2H3,(H,19,22)/t14?,17-/m1/s1. The fourth-order valence-corrected chi connectivity index (χ4v) is 4.01. The van der Waals surface area contributed by atoms with Gasteiger partial charge in [-0.1, -0.05) is 19.1 Å². The van der Waals surface area contributed by atoms with Crippen LogP contribution in [0.5, 0.6) is 5.75 Å². The van der Waals surface area contributed by atoms with E-state index in [-0.39, 0.29) is 36.1 Å². The largest absolute Gasteiger partial charge is 0.509 e. The molecule has 2 heterocycles. The Morgan fingerprint density at radius 2 is 2.04 bits per heavy atom. The molecule has 144 valence electrons. The molecule has 1 fully saturated rings. The molecule has 0 saturated carbocycles. The highest BCUT2D eigenvalue weighted by Gasteiger charge is 2.54. The predicted octanol–water partition coefficient (Wildman–Crippen LogP) is 1.32. The Bertz CT molecular complexity index is 792. The Hall–Kier alpha value is -2.68. The molecule has 1 aromatic rings. The van der Waals surface area contributed by atoms with Gasteiger partial charge in [0.25, 0.3) is 5.91 Å². The van der Waals surface area contributed by atoms with Gasteiger partial charge >= 0.3 is 5.97 Å². The average Bonchev–Trinajstić information content (AvgIpc) is 2.70. The van der Waals surface area contributed by atoms with Crippen molar-refractivity contribution >= 4 is 29.5 Å². The fourth-order valence-electron chi connectivity index (χ4n) is 2.81. The van der Waals surface area contributed by atoms with Crippen LogP contribution in [0.25, 0.3) is 0 Å². The van der Waals surface area contributed by atoms with E-state index in [0.29, 0.717) is 5.75 Å². The number of aliphatic hydroxyl groups excluding tert-OH is 1. The van der Waals surface area contributed by atoms with Crippen molar-refractivity contribution in [2.24, 2.45) is 0 Å². The van der Waals surface area contributed by atoms with E-state index in [9.17, 15) is 19.5 Å². The maximum Gasteiger partial charge on any atom is 0.358 e. The number of hydrogen-bond acceptors (Lipinski definition) is 7. The van der Waals surface area contributed by atoms with Crippen LogP contribution in [0.15, 0.2) is 35.7 Å². The fraction of sp³-hybridized carbons (Fsp3) is 0.389. The van der Waals surface area contributed by atoms with Crippen LogP contribution in [0.4, 0.5) is 0 Å². The summed E-state index contributed by atoms with van der Waals surface area (Å²) < 4.78 is 10.3. The van der Waals surface area contributed by atoms with Gasteiger partial charge in [-0.15, -0.1) is 11.8 Å². The summed E-state index contributed by atoms with van der Waals surface area (Å²) in [5.74, 6) is -0.802. The van der Waals surface area contributed by atoms with Crippen LogP contribution in [0.1, 0.15) is 18.9 Å². The van der Waals surface area contributed by atoms with Gasteiger partial charge in [0.15, 0.2) is 5.70 Å². The zero-order chi connectivity index (χ0) is 19.6. The molecule has 2 N–H and O–H groups in total. The summed E-state index contributed by atoms with van der Waals surface area (Å²) in [4.78, 5) is 37.6. The Kier molecular flexibility index (Phi) is 5.59. The van der Waals surface area contributed by atoms with Gasteiger partial charge in [0.1, 0.15) is 29.5 Å². The number of benzene rings is 1. The summed E-state index contributed by atoms with van der Waals surface area (Å²) in [6, 6.07) is 6.30. The molecule has 1 aromatic carbocycles. The number of nitrogens with one attached hydrogen (secondary N) is 1. The van der Waals surface area contributed by atoms with E-state index < -0.39 is 23.3 Å². The minimum Gasteiger partial charge on any atom is -0.509 e. The highest BCUT2D eigenvalue weighted by molar-refractivity contribution is 8.00. The first kappa shape index (κ1) is 19.1. The molecule has 8 nitrogen and oxygen atoms in total. The number of esters is 1. The van der Waals surface area contributed by atoms with Crippen LogP contribution >= 0.6 is 11.8 Å². The lowest BCUT2D eigenvalue weighted by molar-refractivity contribution is -0.153. The van der Waals surface area contributed by atoms with Crippen LogP contribution in [0.2, 0.25) is 0 Å². The highest BCUT2D eigenvalue weighted by atomic mass is 32.2. The first-order chi connectivity index (χ1) is 13.0. The van der Waals surface area contributed by atoms with Gasteiger partial charge in [-0.3, -0.25) is 14.5 Å². The summed E-state index contributed by atoms with van der Waals surface area (Å²) in [5, 5.41) is 12.3. The number of carbonyl (C=O) groups is 3. The third-order valence-electron chi connectivity index (χ3n) is 4.31. The van der Waals surface area contributed by atoms with Crippen LogP contribution in [0, 0.1) is 0 Å². The summed E-state index contributed by atoms with van der Waals surface area (Å²) in [6.07, 6.45) is 0.263. The van der Waals surface area contributed by atoms with Gasteiger partial charge in [0.2, 0.25) is 5.91 Å². The molecule has 1 saturated heterocycles. The van der Waals surface area contributed by atoms with Gasteiger partial charge in [0.05, 0.1) is 12.9 Å². The van der Waals surface area contributed by atoms with Crippen molar-refractivity contribution in [1.29, 1.82) is 0 Å². The quantitative estimate of drug-likeness (QED) is 0.556. The molecule has 0 bridgehead atoms. The number of nitrogens with zero attached hydrogens (tertiary/aromatic N) is 1. The second kappa shape index (κ2) is 7.91. The van der Waals surface area contributed by atoms with Crippen molar-refractivity contribution in [2.45, 2.75) is 31.4 Å². The molecular weight excluding hydrogens is 372 g/mol. The van der Waals surface area contributed by atoms with Gasteiger partial charge in [-0.05, 0) is 17.7 Å². The monoisotopic (exact) mass is 392 g/mol. The maximum atomic E-state index is 12.5. The third kappa shape index (κ3) is 3.73. The van der Waals surface area contributed by atoms with E-state index in [4.69, 9.17) is 9.47 Å². The molecule has 27 heavy (non-hydrogen) atoms. The zero-order valence-electron chi connectivity index (χ0n) is 14.9. The van der Waals surface area contributed by atoms with Crippen molar-refractivity contribution in [3.8, 4) is 5.75 Å². The number of rotatable bonds is 6. The Morgan fingerprint density at radius 1 is 1.33 bits per heavy atom. The van der Waals surface area contributed by atoms with Crippen molar-refractivity contribution in [3.05, 3.63) is 41.3 Å². The molecule has 2 aliphatic heterocycles. The lowest BCUT2D eigenvalue weighted by Gasteiger charge is -2.48. The van der Waals surface area contributed by atoms with Gasteiger partial charge < -0.3 is 19.9 Å². The van der Waals surface area contributed by atoms with E-state index in [2.05, 4.69) is 5.32 Å². The number of fused-ring (bicyclic) bond motifs is 1. The molecule has 2 aliphatic rings. The second-order valence-electron chi connectivity index (χ2n) is 6.03. The molecule has 2 amide bonds. The summed E-state index contributed by atoms with van der Waals surface area (Å²) >= 11 is 1.29. The van der Waals surface area contributed by atoms with Crippen molar-refractivity contribution in [1.82, 2.24) is 10.2 Å². The molecule has 9 heteroatoms. The predicted molar refractivity (Wildman–Crippen MR) is 97.8 cm³/mol. The maximum absolute atomic E-state index is 12.5. The van der Waals surface area contributed by atoms with Gasteiger partial charge in [0, 0.05) is 6.42 Å². The lowest BCUT2D eigenvalue weighted by Crippen LogP contribution is -2.70. The summed E-state index contributed by atoms with van der Waals surface area (Å²) in [7, 11) is 1.56. The number of carbonyl (C=O) groups excluding carboxylic acids is 3. The number of β-lactam (4-membered cyclic amide) rings is 1. The Labute approximate surface area is 160 Å². The van der Waals surface area contributed by atoms with E-state index >= 15 is 0 Å². The second-order valence-corrected chi connectivity index (χ2v) is 7.13. The minimum atomic E-state index is -0.776. The van der Waals surface area contributed by atoms with Crippen molar-refractivity contribution in [2.75, 3.05) is 12.9 Å². The van der Waals surface area contributed by atoms with Crippen LogP contribution in [-0.2, 0) is 25.7 Å². The average molecular weight is 392 g/mol. The molecule has 1 unspecified atom stereocenters. The first-order valence-electron chi connectivity index (χ1n) is 8.42.